The number of hydrogen-bond acceptors (Lipinski definition) is 1. The lowest BCUT2D eigenvalue weighted by Crippen LogP contribution is -2.14. The van der Waals surface area contributed by atoms with Crippen LogP contribution >= 0.6 is 99.6 Å². The van der Waals surface area contributed by atoms with Gasteiger partial charge >= 0.3 is 0 Å². The van der Waals surface area contributed by atoms with Gasteiger partial charge in [-0.1, -0.05) is 15.9 Å². The summed E-state index contributed by atoms with van der Waals surface area (Å²) in [7, 11) is 0. The fourth-order valence-corrected chi connectivity index (χ4v) is 6.60. The molecule has 0 aliphatic rings. The average Bonchev–Trinajstić information content (AvgIpc) is 2.33. The van der Waals surface area contributed by atoms with Crippen LogP contribution in [0.5, 0.6) is 0 Å². The summed E-state index contributed by atoms with van der Waals surface area (Å²) in [4.78, 5) is 12.4. The average molecular weight is 733 g/mol. The molecule has 0 atom stereocenters. The monoisotopic (exact) mass is 731 g/mol. The van der Waals surface area contributed by atoms with E-state index >= 15 is 0 Å². The third-order valence-corrected chi connectivity index (χ3v) is 5.89. The number of hydrogen-bond donors (Lipinski definition) is 1. The molecule has 2 rings (SSSR count). The van der Waals surface area contributed by atoms with Crippen molar-refractivity contribution in [3.05, 3.63) is 55.6 Å². The van der Waals surface area contributed by atoms with E-state index in [4.69, 9.17) is 0 Å². The zero-order chi connectivity index (χ0) is 14.9. The Morgan fingerprint density at radius 2 is 1.60 bits per heavy atom. The summed E-state index contributed by atoms with van der Waals surface area (Å²) in [5, 5.41) is 2.98. The molecular formula is C13H6Br2I3NO. The molecule has 0 bridgehead atoms. The lowest BCUT2D eigenvalue weighted by atomic mass is 10.2. The molecule has 0 unspecified atom stereocenters. The normalized spacial score (nSPS) is 10.4. The number of benzene rings is 2. The van der Waals surface area contributed by atoms with Crippen LogP contribution in [-0.2, 0) is 0 Å². The molecule has 2 aromatic carbocycles. The fraction of sp³-hybridized carbons (Fsp3) is 0. The van der Waals surface area contributed by atoms with Crippen molar-refractivity contribution in [1.82, 2.24) is 0 Å². The van der Waals surface area contributed by atoms with E-state index in [0.29, 0.717) is 5.56 Å². The fourth-order valence-electron chi connectivity index (χ4n) is 1.52. The molecule has 20 heavy (non-hydrogen) atoms. The first-order valence-corrected chi connectivity index (χ1v) is 10.1. The molecule has 0 heterocycles. The van der Waals surface area contributed by atoms with Crippen LogP contribution in [0.4, 0.5) is 5.69 Å². The standard InChI is InChI=1S/C13H6Br2I3NO/c14-6-1-2-8(9(15)3-6)13(20)19-12-10(17)4-7(16)5-11(12)18/h1-5H,(H,19,20). The van der Waals surface area contributed by atoms with E-state index in [1.165, 1.54) is 0 Å². The summed E-state index contributed by atoms with van der Waals surface area (Å²) in [6, 6.07) is 9.57. The van der Waals surface area contributed by atoms with E-state index in [1.54, 1.807) is 6.07 Å². The maximum absolute atomic E-state index is 12.4. The van der Waals surface area contributed by atoms with Gasteiger partial charge in [0.05, 0.1) is 11.3 Å². The summed E-state index contributed by atoms with van der Waals surface area (Å²) < 4.78 is 4.90. The van der Waals surface area contributed by atoms with Gasteiger partial charge in [0.1, 0.15) is 0 Å². The predicted molar refractivity (Wildman–Crippen MR) is 114 cm³/mol. The molecule has 2 nitrogen and oxygen atoms in total. The molecule has 0 fully saturated rings. The van der Waals surface area contributed by atoms with Crippen LogP contribution in [0.25, 0.3) is 0 Å². The minimum atomic E-state index is -0.124. The van der Waals surface area contributed by atoms with Gasteiger partial charge in [0.25, 0.3) is 5.91 Å². The molecule has 0 radical (unpaired) electrons. The largest absolute Gasteiger partial charge is 0.320 e. The summed E-state index contributed by atoms with van der Waals surface area (Å²) >= 11 is 13.5. The molecule has 0 spiro atoms. The summed E-state index contributed by atoms with van der Waals surface area (Å²) in [5.41, 5.74) is 1.46. The maximum Gasteiger partial charge on any atom is 0.256 e. The van der Waals surface area contributed by atoms with Crippen molar-refractivity contribution in [2.24, 2.45) is 0 Å². The van der Waals surface area contributed by atoms with Gasteiger partial charge in [0.15, 0.2) is 0 Å². The minimum Gasteiger partial charge on any atom is -0.320 e. The highest BCUT2D eigenvalue weighted by atomic mass is 127. The van der Waals surface area contributed by atoms with E-state index in [0.717, 1.165) is 25.3 Å². The zero-order valence-electron chi connectivity index (χ0n) is 9.68. The van der Waals surface area contributed by atoms with Crippen LogP contribution in [0.1, 0.15) is 10.4 Å². The Bertz CT molecular complexity index is 668. The molecule has 0 saturated carbocycles. The first-order chi connectivity index (χ1) is 9.38. The Morgan fingerprint density at radius 1 is 1.00 bits per heavy atom. The van der Waals surface area contributed by atoms with E-state index in [9.17, 15) is 4.79 Å². The van der Waals surface area contributed by atoms with Gasteiger partial charge in [0.2, 0.25) is 0 Å². The number of carbonyl (C=O) groups is 1. The van der Waals surface area contributed by atoms with Crippen LogP contribution < -0.4 is 5.32 Å². The second-order valence-corrected chi connectivity index (χ2v) is 9.16. The van der Waals surface area contributed by atoms with Crippen molar-refractivity contribution in [2.75, 3.05) is 5.32 Å². The van der Waals surface area contributed by atoms with E-state index in [2.05, 4.69) is 105 Å². The Labute approximate surface area is 174 Å². The highest BCUT2D eigenvalue weighted by Gasteiger charge is 2.14. The quantitative estimate of drug-likeness (QED) is 0.363. The topological polar surface area (TPSA) is 29.1 Å². The summed E-state index contributed by atoms with van der Waals surface area (Å²) in [5.74, 6) is -0.124. The van der Waals surface area contributed by atoms with E-state index in [1.807, 2.05) is 24.3 Å². The molecule has 7 heteroatoms. The molecule has 0 saturated heterocycles. The number of carbonyl (C=O) groups excluding carboxylic acids is 1. The van der Waals surface area contributed by atoms with Crippen LogP contribution in [0, 0.1) is 10.7 Å². The summed E-state index contributed by atoms with van der Waals surface area (Å²) in [6.45, 7) is 0. The molecule has 0 aliphatic carbocycles. The van der Waals surface area contributed by atoms with Crippen LogP contribution in [0.3, 0.4) is 0 Å². The summed E-state index contributed by atoms with van der Waals surface area (Å²) in [6.07, 6.45) is 0. The van der Waals surface area contributed by atoms with Gasteiger partial charge in [-0.25, -0.2) is 0 Å². The lowest BCUT2D eigenvalue weighted by Gasteiger charge is -2.11. The Balaban J connectivity index is 2.33. The van der Waals surface area contributed by atoms with Gasteiger partial charge in [0, 0.05) is 19.7 Å². The van der Waals surface area contributed by atoms with Gasteiger partial charge in [-0.2, -0.15) is 0 Å². The SMILES string of the molecule is O=C(Nc1c(I)cc(I)cc1I)c1ccc(Br)cc1Br. The molecular weight excluding hydrogens is 727 g/mol. The van der Waals surface area contributed by atoms with Gasteiger partial charge in [-0.3, -0.25) is 4.79 Å². The van der Waals surface area contributed by atoms with E-state index in [-0.39, 0.29) is 5.91 Å². The van der Waals surface area contributed by atoms with Crippen LogP contribution in [0.2, 0.25) is 0 Å². The van der Waals surface area contributed by atoms with Crippen LogP contribution in [-0.4, -0.2) is 5.91 Å². The second kappa shape index (κ2) is 7.55. The van der Waals surface area contributed by atoms with Crippen molar-refractivity contribution in [3.63, 3.8) is 0 Å². The molecule has 104 valence electrons. The molecule has 2 aromatic rings. The van der Waals surface area contributed by atoms with Crippen molar-refractivity contribution in [1.29, 1.82) is 0 Å². The maximum atomic E-state index is 12.4. The number of amides is 1. The van der Waals surface area contributed by atoms with Gasteiger partial charge in [-0.05, 0) is 114 Å². The van der Waals surface area contributed by atoms with Crippen molar-refractivity contribution in [3.8, 4) is 0 Å². The third kappa shape index (κ3) is 4.29. The zero-order valence-corrected chi connectivity index (χ0v) is 19.3. The third-order valence-electron chi connectivity index (χ3n) is 2.42. The number of anilines is 1. The highest BCUT2D eigenvalue weighted by molar-refractivity contribution is 14.1. The highest BCUT2D eigenvalue weighted by Crippen LogP contribution is 2.29. The van der Waals surface area contributed by atoms with Crippen LogP contribution in [0.15, 0.2) is 39.3 Å². The Morgan fingerprint density at radius 3 is 2.15 bits per heavy atom. The first-order valence-electron chi connectivity index (χ1n) is 5.29. The van der Waals surface area contributed by atoms with Crippen molar-refractivity contribution < 1.29 is 4.79 Å². The molecule has 0 aromatic heterocycles. The van der Waals surface area contributed by atoms with E-state index < -0.39 is 0 Å². The Kier molecular flexibility index (Phi) is 6.58. The minimum absolute atomic E-state index is 0.124. The molecule has 0 aliphatic heterocycles. The lowest BCUT2D eigenvalue weighted by molar-refractivity contribution is 0.102. The Hall–Kier alpha value is 1.06. The second-order valence-electron chi connectivity index (χ2n) is 3.82. The number of nitrogens with one attached hydrogen (secondary N) is 1. The molecule has 1 N–H and O–H groups in total. The van der Waals surface area contributed by atoms with Gasteiger partial charge in [-0.15, -0.1) is 0 Å². The first kappa shape index (κ1) is 17.4. The predicted octanol–water partition coefficient (Wildman–Crippen LogP) is 6.28. The van der Waals surface area contributed by atoms with Crippen molar-refractivity contribution >= 4 is 111 Å². The number of halogens is 5. The molecule has 1 amide bonds. The smallest absolute Gasteiger partial charge is 0.256 e. The van der Waals surface area contributed by atoms with Gasteiger partial charge < -0.3 is 5.32 Å². The number of rotatable bonds is 2. The van der Waals surface area contributed by atoms with Crippen molar-refractivity contribution in [2.45, 2.75) is 0 Å².